The summed E-state index contributed by atoms with van der Waals surface area (Å²) in [7, 11) is 0. The molecule has 4 nitrogen and oxygen atoms in total. The zero-order valence-corrected chi connectivity index (χ0v) is 30.0. The molecule has 9 rings (SSSR count). The Kier molecular flexibility index (Phi) is 9.05. The van der Waals surface area contributed by atoms with Gasteiger partial charge >= 0.3 is 131 Å². The molecule has 4 aromatic carbocycles. The molecule has 0 fully saturated rings. The molecule has 0 saturated heterocycles. The number of benzene rings is 4. The zero-order valence-electron chi connectivity index (χ0n) is 24.2. The van der Waals surface area contributed by atoms with Crippen LogP contribution in [0.1, 0.15) is 0 Å². The fraction of sp³-hybridized carbons (Fsp3) is 0. The van der Waals surface area contributed by atoms with Gasteiger partial charge in [0, 0.05) is 44.1 Å². The van der Waals surface area contributed by atoms with Crippen LogP contribution in [-0.2, 0) is 20.1 Å². The first-order valence-electron chi connectivity index (χ1n) is 14.4. The Morgan fingerprint density at radius 2 is 1.26 bits per heavy atom. The molecule has 0 amide bonds. The van der Waals surface area contributed by atoms with Crippen molar-refractivity contribution >= 4 is 69.7 Å². The quantitative estimate of drug-likeness (QED) is 0.170. The van der Waals surface area contributed by atoms with Gasteiger partial charge in [-0.25, -0.2) is 0 Å². The summed E-state index contributed by atoms with van der Waals surface area (Å²) in [5, 5.41) is 2.19. The number of aromatic nitrogens is 3. The van der Waals surface area contributed by atoms with Crippen molar-refractivity contribution in [2.45, 2.75) is 0 Å². The number of pyridine rings is 3. The Morgan fingerprint density at radius 3 is 2.11 bits per heavy atom. The largest absolute Gasteiger partial charge is 0.501 e. The van der Waals surface area contributed by atoms with Gasteiger partial charge in [0.25, 0.3) is 0 Å². The molecule has 0 aliphatic carbocycles. The van der Waals surface area contributed by atoms with E-state index in [9.17, 15) is 0 Å². The first-order chi connectivity index (χ1) is 22.3. The summed E-state index contributed by atoms with van der Waals surface area (Å²) in [6, 6.07) is 46.0. The van der Waals surface area contributed by atoms with Gasteiger partial charge in [-0.3, -0.25) is 4.98 Å². The van der Waals surface area contributed by atoms with Crippen molar-refractivity contribution in [1.29, 1.82) is 0 Å². The molecule has 0 unspecified atom stereocenters. The second kappa shape index (κ2) is 13.7. The van der Waals surface area contributed by atoms with E-state index in [4.69, 9.17) is 4.42 Å². The minimum atomic E-state index is 0. The normalized spacial score (nSPS) is 11.6. The first-order valence-corrected chi connectivity index (χ1v) is 17.8. The SMILES string of the molecule is [Ir].[c-]1ccc2c(c1-c1ccccn1)[Se]c1ccccc1[Se]2.[c-]1ccc2c(oc3ccccc32)c1-c1cc(-c2ccncc2)ccn1. The van der Waals surface area contributed by atoms with Crippen LogP contribution < -0.4 is 17.8 Å². The third kappa shape index (κ3) is 6.02. The topological polar surface area (TPSA) is 51.8 Å². The summed E-state index contributed by atoms with van der Waals surface area (Å²) >= 11 is 0.765. The van der Waals surface area contributed by atoms with Crippen molar-refractivity contribution in [3.8, 4) is 33.6 Å². The third-order valence-corrected chi connectivity index (χ3v) is 13.7. The Bertz CT molecular complexity index is 2290. The van der Waals surface area contributed by atoms with Gasteiger partial charge in [-0.05, 0) is 41.1 Å². The summed E-state index contributed by atoms with van der Waals surface area (Å²) in [5.41, 5.74) is 7.86. The Labute approximate surface area is 293 Å². The number of hydrogen-bond donors (Lipinski definition) is 0. The van der Waals surface area contributed by atoms with Crippen LogP contribution >= 0.6 is 0 Å². The van der Waals surface area contributed by atoms with Crippen LogP contribution in [0.2, 0.25) is 0 Å². The second-order valence-corrected chi connectivity index (χ2v) is 14.8. The van der Waals surface area contributed by atoms with Gasteiger partial charge in [0.15, 0.2) is 0 Å². The zero-order chi connectivity index (χ0) is 30.0. The van der Waals surface area contributed by atoms with Gasteiger partial charge in [0.05, 0.1) is 5.58 Å². The van der Waals surface area contributed by atoms with Gasteiger partial charge in [0.1, 0.15) is 5.58 Å². The number of nitrogens with zero attached hydrogens (tertiary/aromatic N) is 3. The Balaban J connectivity index is 0.000000147. The van der Waals surface area contributed by atoms with E-state index in [-0.39, 0.29) is 20.1 Å². The molecule has 5 heterocycles. The van der Waals surface area contributed by atoms with Gasteiger partial charge in [0.2, 0.25) is 0 Å². The molecule has 0 spiro atoms. The van der Waals surface area contributed by atoms with Crippen LogP contribution in [0.3, 0.4) is 0 Å². The van der Waals surface area contributed by atoms with E-state index in [2.05, 4.69) is 81.7 Å². The van der Waals surface area contributed by atoms with Crippen molar-refractivity contribution in [3.63, 3.8) is 0 Å². The number of hydrogen-bond acceptors (Lipinski definition) is 4. The van der Waals surface area contributed by atoms with Crippen molar-refractivity contribution in [2.24, 2.45) is 0 Å². The number of fused-ring (bicyclic) bond motifs is 5. The predicted octanol–water partition coefficient (Wildman–Crippen LogP) is 5.68. The standard InChI is InChI=1S/C22H13N2O.C17H10NSe2.Ir/c1-2-7-21-17(4-1)18-5-3-6-19(22(18)25-21)20-14-16(10-13-24-20)15-8-11-23-12-9-15;1-2-9-15-14(8-1)19-16-10-5-6-12(17(16)20-15)13-7-3-4-11-18-13;/h1-5,7-14H;1-5,7-11H;/q2*-1;. The summed E-state index contributed by atoms with van der Waals surface area (Å²) in [4.78, 5) is 13.1. The van der Waals surface area contributed by atoms with E-state index < -0.39 is 0 Å². The van der Waals surface area contributed by atoms with Crippen LogP contribution in [-0.4, -0.2) is 44.9 Å². The summed E-state index contributed by atoms with van der Waals surface area (Å²) in [6.45, 7) is 0. The molecule has 0 N–H and O–H groups in total. The molecule has 0 atom stereocenters. The van der Waals surface area contributed by atoms with Crippen LogP contribution in [0.15, 0.2) is 144 Å². The maximum atomic E-state index is 6.10. The van der Waals surface area contributed by atoms with E-state index in [1.807, 2.05) is 73.1 Å². The average molecular weight is 900 g/mol. The minimum absolute atomic E-state index is 0. The smallest absolute Gasteiger partial charge is 0.120 e. The Morgan fingerprint density at radius 1 is 0.543 bits per heavy atom. The van der Waals surface area contributed by atoms with Gasteiger partial charge < -0.3 is 9.40 Å². The van der Waals surface area contributed by atoms with Crippen LogP contribution in [0.4, 0.5) is 0 Å². The molecule has 223 valence electrons. The van der Waals surface area contributed by atoms with E-state index in [0.717, 1.165) is 50.0 Å². The average Bonchev–Trinajstić information content (AvgIpc) is 3.51. The minimum Gasteiger partial charge on any atom is -0.501 e. The van der Waals surface area contributed by atoms with Crippen molar-refractivity contribution in [1.82, 2.24) is 15.0 Å². The van der Waals surface area contributed by atoms with E-state index >= 15 is 0 Å². The van der Waals surface area contributed by atoms with Gasteiger partial charge in [-0.2, -0.15) is 0 Å². The van der Waals surface area contributed by atoms with E-state index in [1.165, 1.54) is 23.4 Å². The molecule has 1 radical (unpaired) electrons. The fourth-order valence-electron chi connectivity index (χ4n) is 5.37. The fourth-order valence-corrected chi connectivity index (χ4v) is 11.1. The summed E-state index contributed by atoms with van der Waals surface area (Å²) in [6.07, 6.45) is 7.26. The van der Waals surface area contributed by atoms with Crippen LogP contribution in [0.25, 0.3) is 55.6 Å². The molecule has 46 heavy (non-hydrogen) atoms. The van der Waals surface area contributed by atoms with Crippen LogP contribution in [0, 0.1) is 12.1 Å². The number of furan rings is 1. The second-order valence-electron chi connectivity index (χ2n) is 10.3. The maximum absolute atomic E-state index is 6.10. The molecule has 1 aliphatic rings. The van der Waals surface area contributed by atoms with Crippen molar-refractivity contribution in [3.05, 3.63) is 152 Å². The Hall–Kier alpha value is -4.18. The maximum Gasteiger partial charge on any atom is 0.120 e. The molecule has 4 aromatic heterocycles. The third-order valence-electron chi connectivity index (χ3n) is 7.48. The summed E-state index contributed by atoms with van der Waals surface area (Å²) < 4.78 is 12.1. The number of para-hydroxylation sites is 1. The molecular formula is C39H23IrN3OSe2-2. The molecule has 0 saturated carbocycles. The van der Waals surface area contributed by atoms with Crippen molar-refractivity contribution < 1.29 is 24.5 Å². The molecular weight excluding hydrogens is 877 g/mol. The monoisotopic (exact) mass is 902 g/mol. The van der Waals surface area contributed by atoms with Gasteiger partial charge in [-0.1, -0.05) is 35.2 Å². The van der Waals surface area contributed by atoms with Crippen molar-refractivity contribution in [2.75, 3.05) is 0 Å². The van der Waals surface area contributed by atoms with Gasteiger partial charge in [-0.15, -0.1) is 18.2 Å². The van der Waals surface area contributed by atoms with E-state index in [0.29, 0.717) is 29.9 Å². The molecule has 7 heteroatoms. The number of rotatable bonds is 3. The molecule has 1 aliphatic heterocycles. The first kappa shape index (κ1) is 30.5. The molecule has 0 bridgehead atoms. The molecule has 8 aromatic rings. The predicted molar refractivity (Wildman–Crippen MR) is 184 cm³/mol. The summed E-state index contributed by atoms with van der Waals surface area (Å²) in [5.74, 6) is 0. The van der Waals surface area contributed by atoms with E-state index in [1.54, 1.807) is 12.4 Å². The van der Waals surface area contributed by atoms with Crippen LogP contribution in [0.5, 0.6) is 0 Å².